The third-order valence-corrected chi connectivity index (χ3v) is 4.81. The molecule has 1 aliphatic rings. The molecule has 3 rings (SSSR count). The molecule has 0 aromatic carbocycles. The topological polar surface area (TPSA) is 33.1 Å². The molecule has 3 heterocycles. The second-order valence-corrected chi connectivity index (χ2v) is 6.28. The van der Waals surface area contributed by atoms with Crippen molar-refractivity contribution in [2.75, 3.05) is 6.54 Å². The molecule has 1 aliphatic heterocycles. The van der Waals surface area contributed by atoms with Crippen LogP contribution in [0, 0.1) is 0 Å². The summed E-state index contributed by atoms with van der Waals surface area (Å²) < 4.78 is 2.30. The molecule has 1 N–H and O–H groups in total. The summed E-state index contributed by atoms with van der Waals surface area (Å²) in [6.07, 6.45) is 6.30. The van der Waals surface area contributed by atoms with Crippen molar-refractivity contribution in [3.8, 4) is 0 Å². The van der Waals surface area contributed by atoms with E-state index in [0.717, 1.165) is 36.7 Å². The number of aryl methyl sites for hydroxylation is 1. The molecule has 122 valence electrons. The highest BCUT2D eigenvalue weighted by Gasteiger charge is 2.40. The molecule has 4 nitrogen and oxygen atoms in total. The molecule has 0 bridgehead atoms. The highest BCUT2D eigenvalue weighted by Crippen LogP contribution is 2.38. The Labute approximate surface area is 143 Å². The quantitative estimate of drug-likeness (QED) is 0.820. The Morgan fingerprint density at radius 1 is 1.22 bits per heavy atom. The van der Waals surface area contributed by atoms with Gasteiger partial charge in [-0.15, -0.1) is 0 Å². The standard InChI is InChI=1S/C18H24N4S/c1-3-5-13-22-17(15-10-8-12-21(15)4-2)16(20-18(22)23)14-9-6-7-11-19-14/h6-12,16-17H,3-5,13H2,1-2H3,(H,20,23)/t16-,17-/m1/s1. The summed E-state index contributed by atoms with van der Waals surface area (Å²) in [5.41, 5.74) is 2.34. The van der Waals surface area contributed by atoms with Gasteiger partial charge in [-0.25, -0.2) is 0 Å². The van der Waals surface area contributed by atoms with Gasteiger partial charge in [-0.05, 0) is 49.8 Å². The summed E-state index contributed by atoms with van der Waals surface area (Å²) in [5, 5.41) is 4.34. The Morgan fingerprint density at radius 2 is 2.09 bits per heavy atom. The van der Waals surface area contributed by atoms with Crippen molar-refractivity contribution in [2.24, 2.45) is 0 Å². The molecule has 1 saturated heterocycles. The van der Waals surface area contributed by atoms with Crippen LogP contribution in [0.15, 0.2) is 42.7 Å². The third-order valence-electron chi connectivity index (χ3n) is 4.46. The van der Waals surface area contributed by atoms with Gasteiger partial charge in [-0.2, -0.15) is 0 Å². The zero-order valence-electron chi connectivity index (χ0n) is 13.8. The molecule has 2 aromatic heterocycles. The number of pyridine rings is 1. The Bertz CT molecular complexity index is 652. The number of hydrogen-bond donors (Lipinski definition) is 1. The lowest BCUT2D eigenvalue weighted by Crippen LogP contribution is -2.31. The summed E-state index contributed by atoms with van der Waals surface area (Å²) in [5.74, 6) is 0. The number of rotatable bonds is 6. The second-order valence-electron chi connectivity index (χ2n) is 5.89. The molecular formula is C18H24N4S. The fraction of sp³-hybridized carbons (Fsp3) is 0.444. The van der Waals surface area contributed by atoms with Gasteiger partial charge >= 0.3 is 0 Å². The summed E-state index contributed by atoms with van der Waals surface area (Å²) in [6, 6.07) is 10.7. The molecule has 0 aliphatic carbocycles. The first-order valence-electron chi connectivity index (χ1n) is 8.39. The maximum atomic E-state index is 5.64. The molecule has 0 radical (unpaired) electrons. The minimum Gasteiger partial charge on any atom is -0.352 e. The van der Waals surface area contributed by atoms with Crippen LogP contribution >= 0.6 is 12.2 Å². The molecular weight excluding hydrogens is 304 g/mol. The maximum Gasteiger partial charge on any atom is 0.170 e. The van der Waals surface area contributed by atoms with Gasteiger partial charge < -0.3 is 14.8 Å². The Balaban J connectivity index is 2.00. The van der Waals surface area contributed by atoms with Crippen molar-refractivity contribution in [3.05, 3.63) is 54.1 Å². The molecule has 23 heavy (non-hydrogen) atoms. The largest absolute Gasteiger partial charge is 0.352 e. The van der Waals surface area contributed by atoms with Crippen LogP contribution in [0.3, 0.4) is 0 Å². The van der Waals surface area contributed by atoms with Crippen LogP contribution in [0.2, 0.25) is 0 Å². The average Bonchev–Trinajstić information content (AvgIpc) is 3.17. The zero-order valence-corrected chi connectivity index (χ0v) is 14.6. The van der Waals surface area contributed by atoms with E-state index in [1.54, 1.807) is 0 Å². The number of thiocarbonyl (C=S) groups is 1. The van der Waals surface area contributed by atoms with Gasteiger partial charge in [-0.3, -0.25) is 4.98 Å². The van der Waals surface area contributed by atoms with Crippen LogP contribution in [-0.4, -0.2) is 26.1 Å². The first-order chi connectivity index (χ1) is 11.3. The summed E-state index contributed by atoms with van der Waals surface area (Å²) in [6.45, 7) is 6.33. The van der Waals surface area contributed by atoms with Crippen molar-refractivity contribution in [1.29, 1.82) is 0 Å². The lowest BCUT2D eigenvalue weighted by atomic mass is 10.0. The fourth-order valence-corrected chi connectivity index (χ4v) is 3.61. The van der Waals surface area contributed by atoms with E-state index in [9.17, 15) is 0 Å². The van der Waals surface area contributed by atoms with E-state index in [2.05, 4.69) is 58.0 Å². The van der Waals surface area contributed by atoms with Crippen molar-refractivity contribution < 1.29 is 0 Å². The predicted octanol–water partition coefficient (Wildman–Crippen LogP) is 3.68. The number of hydrogen-bond acceptors (Lipinski definition) is 2. The number of aromatic nitrogens is 2. The second kappa shape index (κ2) is 7.13. The van der Waals surface area contributed by atoms with Gasteiger partial charge in [0.25, 0.3) is 0 Å². The molecule has 2 aromatic rings. The SMILES string of the molecule is CCCCN1C(=S)N[C@H](c2ccccn2)[C@H]1c1cccn1CC. The van der Waals surface area contributed by atoms with Crippen LogP contribution in [0.4, 0.5) is 0 Å². The first-order valence-corrected chi connectivity index (χ1v) is 8.80. The van der Waals surface area contributed by atoms with Crippen LogP contribution in [-0.2, 0) is 6.54 Å². The van der Waals surface area contributed by atoms with E-state index in [4.69, 9.17) is 12.2 Å². The van der Waals surface area contributed by atoms with Gasteiger partial charge in [0.15, 0.2) is 5.11 Å². The van der Waals surface area contributed by atoms with Crippen molar-refractivity contribution in [3.63, 3.8) is 0 Å². The van der Waals surface area contributed by atoms with E-state index >= 15 is 0 Å². The van der Waals surface area contributed by atoms with E-state index in [1.807, 2.05) is 18.3 Å². The highest BCUT2D eigenvalue weighted by atomic mass is 32.1. The molecule has 5 heteroatoms. The summed E-state index contributed by atoms with van der Waals surface area (Å²) in [7, 11) is 0. The van der Waals surface area contributed by atoms with Crippen molar-refractivity contribution >= 4 is 17.3 Å². The predicted molar refractivity (Wildman–Crippen MR) is 97.2 cm³/mol. The number of nitrogens with one attached hydrogen (secondary N) is 1. The maximum absolute atomic E-state index is 5.64. The van der Waals surface area contributed by atoms with Gasteiger partial charge in [0.05, 0.1) is 17.8 Å². The number of unbranched alkanes of at least 4 members (excludes halogenated alkanes) is 1. The van der Waals surface area contributed by atoms with Crippen LogP contribution in [0.25, 0.3) is 0 Å². The summed E-state index contributed by atoms with van der Waals surface area (Å²) in [4.78, 5) is 6.90. The smallest absolute Gasteiger partial charge is 0.170 e. The Hall–Kier alpha value is -1.88. The first kappa shape index (κ1) is 16.0. The Morgan fingerprint density at radius 3 is 2.78 bits per heavy atom. The average molecular weight is 328 g/mol. The van der Waals surface area contributed by atoms with Gasteiger partial charge in [0, 0.05) is 31.2 Å². The minimum atomic E-state index is 0.0979. The highest BCUT2D eigenvalue weighted by molar-refractivity contribution is 7.80. The number of nitrogens with zero attached hydrogens (tertiary/aromatic N) is 3. The monoisotopic (exact) mass is 328 g/mol. The normalized spacial score (nSPS) is 20.8. The van der Waals surface area contributed by atoms with E-state index in [1.165, 1.54) is 5.69 Å². The van der Waals surface area contributed by atoms with E-state index < -0.39 is 0 Å². The van der Waals surface area contributed by atoms with Crippen LogP contribution < -0.4 is 5.32 Å². The lowest BCUT2D eigenvalue weighted by Gasteiger charge is -2.28. The van der Waals surface area contributed by atoms with E-state index in [0.29, 0.717) is 0 Å². The van der Waals surface area contributed by atoms with Gasteiger partial charge in [-0.1, -0.05) is 19.4 Å². The molecule has 1 fully saturated rings. The van der Waals surface area contributed by atoms with Gasteiger partial charge in [0.1, 0.15) is 0 Å². The minimum absolute atomic E-state index is 0.0979. The molecule has 0 spiro atoms. The third kappa shape index (κ3) is 3.11. The molecule has 0 unspecified atom stereocenters. The fourth-order valence-electron chi connectivity index (χ4n) is 3.28. The van der Waals surface area contributed by atoms with Crippen LogP contribution in [0.5, 0.6) is 0 Å². The van der Waals surface area contributed by atoms with Crippen molar-refractivity contribution in [1.82, 2.24) is 19.8 Å². The van der Waals surface area contributed by atoms with E-state index in [-0.39, 0.29) is 12.1 Å². The zero-order chi connectivity index (χ0) is 16.2. The Kier molecular flexibility index (Phi) is 4.96. The lowest BCUT2D eigenvalue weighted by molar-refractivity contribution is 0.299. The van der Waals surface area contributed by atoms with Gasteiger partial charge in [0.2, 0.25) is 0 Å². The molecule has 0 saturated carbocycles. The van der Waals surface area contributed by atoms with Crippen molar-refractivity contribution in [2.45, 2.75) is 45.3 Å². The molecule has 2 atom stereocenters. The molecule has 0 amide bonds. The summed E-state index contributed by atoms with van der Waals surface area (Å²) >= 11 is 5.64. The van der Waals surface area contributed by atoms with Crippen LogP contribution in [0.1, 0.15) is 50.2 Å².